The van der Waals surface area contributed by atoms with Crippen LogP contribution in [0.2, 0.25) is 15.1 Å². The molecule has 0 radical (unpaired) electrons. The van der Waals surface area contributed by atoms with Crippen LogP contribution in [0.3, 0.4) is 0 Å². The Labute approximate surface area is 254 Å². The van der Waals surface area contributed by atoms with Crippen LogP contribution >= 0.6 is 34.8 Å². The molecule has 1 fully saturated rings. The summed E-state index contributed by atoms with van der Waals surface area (Å²) in [4.78, 5) is 18.5. The molecule has 6 rings (SSSR count). The summed E-state index contributed by atoms with van der Waals surface area (Å²) in [5.74, 6) is -0.681. The molecule has 1 amide bonds. The van der Waals surface area contributed by atoms with E-state index in [1.54, 1.807) is 23.2 Å². The van der Waals surface area contributed by atoms with Crippen LogP contribution in [0.15, 0.2) is 60.9 Å². The number of rotatable bonds is 7. The number of hydrogen-bond donors (Lipinski definition) is 3. The minimum atomic E-state index is -0.763. The number of carbonyl (C=O) groups excluding carboxylic acids is 1. The fourth-order valence-electron chi connectivity index (χ4n) is 4.96. The van der Waals surface area contributed by atoms with Crippen LogP contribution < -0.4 is 15.5 Å². The Morgan fingerprint density at radius 1 is 1.10 bits per heavy atom. The molecule has 1 atom stereocenters. The quantitative estimate of drug-likeness (QED) is 0.162. The maximum Gasteiger partial charge on any atom is 0.227 e. The summed E-state index contributed by atoms with van der Waals surface area (Å²) >= 11 is 18.7. The molecule has 2 aromatic heterocycles. The molecular weight excluding hydrogens is 602 g/mol. The average molecular weight is 622 g/mol. The summed E-state index contributed by atoms with van der Waals surface area (Å²) in [5.41, 5.74) is 3.66. The van der Waals surface area contributed by atoms with E-state index in [1.807, 2.05) is 24.3 Å². The Morgan fingerprint density at radius 2 is 1.95 bits per heavy atom. The number of H-pyrrole nitrogens is 1. The molecule has 5 aromatic rings. The number of amides is 1. The van der Waals surface area contributed by atoms with Crippen LogP contribution in [0.5, 0.6) is 0 Å². The molecule has 9 nitrogen and oxygen atoms in total. The number of halogens is 4. The molecular formula is C29H20Cl3FN8O. The second-order valence-corrected chi connectivity index (χ2v) is 10.8. The molecule has 0 aliphatic carbocycles. The summed E-state index contributed by atoms with van der Waals surface area (Å²) in [6, 6.07) is 15.6. The van der Waals surface area contributed by atoms with Crippen LogP contribution in [0.4, 0.5) is 27.1 Å². The van der Waals surface area contributed by atoms with Gasteiger partial charge < -0.3 is 15.5 Å². The van der Waals surface area contributed by atoms with E-state index in [4.69, 9.17) is 34.8 Å². The van der Waals surface area contributed by atoms with Gasteiger partial charge in [0, 0.05) is 35.9 Å². The molecule has 0 saturated carbocycles. The van der Waals surface area contributed by atoms with Crippen LogP contribution in [0.1, 0.15) is 35.7 Å². The normalized spacial score (nSPS) is 13.8. The lowest BCUT2D eigenvalue weighted by molar-refractivity contribution is -0.117. The predicted octanol–water partition coefficient (Wildman–Crippen LogP) is 7.40. The first kappa shape index (κ1) is 27.7. The lowest BCUT2D eigenvalue weighted by Gasteiger charge is -2.22. The van der Waals surface area contributed by atoms with Gasteiger partial charge in [0.15, 0.2) is 5.82 Å². The van der Waals surface area contributed by atoms with Gasteiger partial charge in [0.25, 0.3) is 0 Å². The Hall–Kier alpha value is -4.43. The molecule has 1 aliphatic heterocycles. The number of pyridine rings is 1. The molecule has 42 heavy (non-hydrogen) atoms. The van der Waals surface area contributed by atoms with Gasteiger partial charge in [-0.05, 0) is 48.4 Å². The van der Waals surface area contributed by atoms with Crippen molar-refractivity contribution in [2.24, 2.45) is 0 Å². The van der Waals surface area contributed by atoms with Crippen molar-refractivity contribution in [1.82, 2.24) is 20.4 Å². The molecule has 0 spiro atoms. The average Bonchev–Trinajstić information content (AvgIpc) is 3.68. The SMILES string of the molecule is N#Cc1cnc2c(Cl)cc(NC(c3cccc(N4CCCC4=O)c3)c3cn[nH]n3)cc2c1Nc1ccc(Cl)c(Cl)c1F. The van der Waals surface area contributed by atoms with Gasteiger partial charge in [-0.3, -0.25) is 9.78 Å². The Balaban J connectivity index is 1.44. The number of aromatic nitrogens is 4. The van der Waals surface area contributed by atoms with E-state index in [0.717, 1.165) is 17.7 Å². The zero-order chi connectivity index (χ0) is 29.4. The molecule has 3 heterocycles. The zero-order valence-electron chi connectivity index (χ0n) is 21.6. The molecule has 1 unspecified atom stereocenters. The standard InChI is InChI=1S/C29H20Cl3FN8O/c30-20-6-7-22(26(33)25(20)32)38-27-16(12-34)13-35-29-19(27)10-17(11-21(29)31)37-28(23-14-36-40-39-23)15-3-1-4-18(9-15)41-8-2-5-24(41)42/h1,3-4,6-7,9-11,13-14,28,37H,2,5,8H2,(H,35,38)(H,36,39,40). The van der Waals surface area contributed by atoms with Crippen molar-refractivity contribution in [3.8, 4) is 6.07 Å². The van der Waals surface area contributed by atoms with Crippen LogP contribution in [-0.2, 0) is 4.79 Å². The third-order valence-electron chi connectivity index (χ3n) is 6.97. The first-order valence-electron chi connectivity index (χ1n) is 12.8. The van der Waals surface area contributed by atoms with Crippen molar-refractivity contribution < 1.29 is 9.18 Å². The van der Waals surface area contributed by atoms with Crippen molar-refractivity contribution in [1.29, 1.82) is 5.26 Å². The molecule has 1 saturated heterocycles. The zero-order valence-corrected chi connectivity index (χ0v) is 23.9. The highest BCUT2D eigenvalue weighted by molar-refractivity contribution is 6.42. The van der Waals surface area contributed by atoms with E-state index in [9.17, 15) is 14.4 Å². The summed E-state index contributed by atoms with van der Waals surface area (Å²) in [7, 11) is 0. The number of nitrogens with one attached hydrogen (secondary N) is 3. The van der Waals surface area contributed by atoms with Crippen LogP contribution in [0, 0.1) is 17.1 Å². The largest absolute Gasteiger partial charge is 0.373 e. The minimum absolute atomic E-state index is 0.0247. The number of anilines is 4. The lowest BCUT2D eigenvalue weighted by Crippen LogP contribution is -2.24. The van der Waals surface area contributed by atoms with E-state index in [-0.39, 0.29) is 32.9 Å². The van der Waals surface area contributed by atoms with Gasteiger partial charge in [-0.1, -0.05) is 46.9 Å². The van der Waals surface area contributed by atoms with Crippen molar-refractivity contribution in [2.75, 3.05) is 22.1 Å². The second kappa shape index (κ2) is 11.4. The van der Waals surface area contributed by atoms with Gasteiger partial charge in [0.1, 0.15) is 11.8 Å². The molecule has 3 N–H and O–H groups in total. The maximum atomic E-state index is 15.0. The van der Waals surface area contributed by atoms with Crippen LogP contribution in [0.25, 0.3) is 10.9 Å². The number of benzene rings is 3. The Kier molecular flexibility index (Phi) is 7.56. The fraction of sp³-hybridized carbons (Fsp3) is 0.138. The van der Waals surface area contributed by atoms with E-state index in [1.165, 1.54) is 18.3 Å². The third-order valence-corrected chi connectivity index (χ3v) is 8.04. The van der Waals surface area contributed by atoms with Gasteiger partial charge in [-0.15, -0.1) is 0 Å². The summed E-state index contributed by atoms with van der Waals surface area (Å²) in [5, 5.41) is 27.8. The molecule has 3 aromatic carbocycles. The fourth-order valence-corrected chi connectivity index (χ4v) is 5.54. The van der Waals surface area contributed by atoms with Crippen LogP contribution in [-0.4, -0.2) is 32.8 Å². The van der Waals surface area contributed by atoms with E-state index < -0.39 is 11.9 Å². The van der Waals surface area contributed by atoms with Crippen molar-refractivity contribution in [2.45, 2.75) is 18.9 Å². The highest BCUT2D eigenvalue weighted by atomic mass is 35.5. The lowest BCUT2D eigenvalue weighted by atomic mass is 10.0. The maximum absolute atomic E-state index is 15.0. The Morgan fingerprint density at radius 3 is 2.69 bits per heavy atom. The summed E-state index contributed by atoms with van der Waals surface area (Å²) in [6.45, 7) is 0.661. The minimum Gasteiger partial charge on any atom is -0.373 e. The van der Waals surface area contributed by atoms with E-state index >= 15 is 0 Å². The van der Waals surface area contributed by atoms with Gasteiger partial charge in [-0.2, -0.15) is 20.7 Å². The molecule has 210 valence electrons. The highest BCUT2D eigenvalue weighted by Crippen LogP contribution is 2.39. The summed E-state index contributed by atoms with van der Waals surface area (Å²) in [6.07, 6.45) is 4.29. The smallest absolute Gasteiger partial charge is 0.227 e. The number of nitriles is 1. The second-order valence-electron chi connectivity index (χ2n) is 9.58. The number of fused-ring (bicyclic) bond motifs is 1. The van der Waals surface area contributed by atoms with Gasteiger partial charge >= 0.3 is 0 Å². The van der Waals surface area contributed by atoms with Gasteiger partial charge in [0.05, 0.1) is 49.8 Å². The van der Waals surface area contributed by atoms with Gasteiger partial charge in [-0.25, -0.2) is 4.39 Å². The number of carbonyl (C=O) groups is 1. The van der Waals surface area contributed by atoms with Gasteiger partial charge in [0.2, 0.25) is 5.91 Å². The van der Waals surface area contributed by atoms with E-state index in [0.29, 0.717) is 40.3 Å². The Bertz CT molecular complexity index is 1880. The third kappa shape index (κ3) is 5.18. The highest BCUT2D eigenvalue weighted by Gasteiger charge is 2.24. The van der Waals surface area contributed by atoms with Crippen molar-refractivity contribution >= 4 is 74.4 Å². The first-order valence-corrected chi connectivity index (χ1v) is 13.9. The number of nitrogens with zero attached hydrogens (tertiary/aromatic N) is 5. The number of hydrogen-bond acceptors (Lipinski definition) is 7. The number of aromatic amines is 1. The molecule has 1 aliphatic rings. The van der Waals surface area contributed by atoms with Crippen molar-refractivity contribution in [3.05, 3.63) is 98.6 Å². The predicted molar refractivity (Wildman–Crippen MR) is 161 cm³/mol. The monoisotopic (exact) mass is 620 g/mol. The van der Waals surface area contributed by atoms with Crippen molar-refractivity contribution in [3.63, 3.8) is 0 Å². The summed E-state index contributed by atoms with van der Waals surface area (Å²) < 4.78 is 15.0. The first-order chi connectivity index (χ1) is 20.3. The molecule has 0 bridgehead atoms. The topological polar surface area (TPSA) is 123 Å². The van der Waals surface area contributed by atoms with E-state index in [2.05, 4.69) is 37.1 Å². The molecule has 13 heteroatoms.